The van der Waals surface area contributed by atoms with E-state index in [0.29, 0.717) is 11.3 Å². The zero-order valence-electron chi connectivity index (χ0n) is 11.1. The minimum atomic E-state index is -0.628. The molecule has 8 nitrogen and oxygen atoms in total. The van der Waals surface area contributed by atoms with Crippen LogP contribution < -0.4 is 9.47 Å². The lowest BCUT2D eigenvalue weighted by Crippen LogP contribution is -2.00. The fourth-order valence-corrected chi connectivity index (χ4v) is 1.95. The van der Waals surface area contributed by atoms with Gasteiger partial charge in [0.1, 0.15) is 11.4 Å². The second-order valence-electron chi connectivity index (χ2n) is 3.85. The number of methoxy groups -OCH3 is 3. The molecule has 0 atom stereocenters. The molecule has 2 rings (SSSR count). The summed E-state index contributed by atoms with van der Waals surface area (Å²) < 4.78 is 14.7. The first-order valence-electron chi connectivity index (χ1n) is 5.53. The summed E-state index contributed by atoms with van der Waals surface area (Å²) >= 11 is 0. The highest BCUT2D eigenvalue weighted by molar-refractivity contribution is 6.02. The molecule has 1 aromatic heterocycles. The molecule has 0 aliphatic heterocycles. The predicted molar refractivity (Wildman–Crippen MR) is 69.4 cm³/mol. The second-order valence-corrected chi connectivity index (χ2v) is 3.85. The van der Waals surface area contributed by atoms with Gasteiger partial charge in [-0.3, -0.25) is 10.1 Å². The van der Waals surface area contributed by atoms with E-state index >= 15 is 0 Å². The molecule has 2 aromatic rings. The number of aromatic nitrogens is 1. The number of hydrogen-bond acceptors (Lipinski definition) is 6. The fraction of sp³-hybridized carbons (Fsp3) is 0.250. The molecule has 0 saturated heterocycles. The Balaban J connectivity index is 2.84. The molecule has 0 saturated carbocycles. The van der Waals surface area contributed by atoms with E-state index < -0.39 is 10.9 Å². The van der Waals surface area contributed by atoms with Crippen molar-refractivity contribution in [1.82, 2.24) is 4.98 Å². The number of carbonyl (C=O) groups is 1. The third-order valence-corrected chi connectivity index (χ3v) is 2.84. The quantitative estimate of drug-likeness (QED) is 0.521. The first kappa shape index (κ1) is 13.7. The van der Waals surface area contributed by atoms with Gasteiger partial charge >= 0.3 is 11.7 Å². The van der Waals surface area contributed by atoms with Crippen molar-refractivity contribution in [3.8, 4) is 11.5 Å². The summed E-state index contributed by atoms with van der Waals surface area (Å²) in [5.74, 6) is -0.246. The van der Waals surface area contributed by atoms with Crippen molar-refractivity contribution in [2.24, 2.45) is 0 Å². The number of rotatable bonds is 4. The van der Waals surface area contributed by atoms with E-state index in [9.17, 15) is 14.9 Å². The summed E-state index contributed by atoms with van der Waals surface area (Å²) in [6.45, 7) is 0. The van der Waals surface area contributed by atoms with Crippen molar-refractivity contribution in [1.29, 1.82) is 0 Å². The minimum absolute atomic E-state index is 0.0507. The number of fused-ring (bicyclic) bond motifs is 1. The molecule has 8 heteroatoms. The first-order chi connectivity index (χ1) is 9.53. The standard InChI is InChI=1S/C12H12N2O6/c1-18-8-5-9(19-2)11(14(16)17)6-4-7(12(15)20-3)13-10(6)8/h4-5,13H,1-3H3. The maximum absolute atomic E-state index is 11.5. The molecular formula is C12H12N2O6. The van der Waals surface area contributed by atoms with Gasteiger partial charge in [0.05, 0.1) is 37.2 Å². The lowest BCUT2D eigenvalue weighted by molar-refractivity contribution is -0.383. The number of ether oxygens (including phenoxy) is 3. The maximum atomic E-state index is 11.5. The van der Waals surface area contributed by atoms with Gasteiger partial charge in [0, 0.05) is 6.07 Å². The fourth-order valence-electron chi connectivity index (χ4n) is 1.95. The number of carbonyl (C=O) groups excluding carboxylic acids is 1. The molecule has 1 heterocycles. The molecule has 0 fully saturated rings. The monoisotopic (exact) mass is 280 g/mol. The Morgan fingerprint density at radius 3 is 2.35 bits per heavy atom. The van der Waals surface area contributed by atoms with Crippen molar-refractivity contribution in [2.45, 2.75) is 0 Å². The highest BCUT2D eigenvalue weighted by Gasteiger charge is 2.26. The van der Waals surface area contributed by atoms with Crippen LogP contribution in [0.15, 0.2) is 12.1 Å². The molecule has 0 spiro atoms. The van der Waals surface area contributed by atoms with Crippen LogP contribution in [0.2, 0.25) is 0 Å². The Bertz CT molecular complexity index is 691. The number of esters is 1. The summed E-state index contributed by atoms with van der Waals surface area (Å²) in [6, 6.07) is 2.72. The molecule has 0 aliphatic rings. The van der Waals surface area contributed by atoms with Gasteiger partial charge in [-0.2, -0.15) is 0 Å². The largest absolute Gasteiger partial charge is 0.494 e. The SMILES string of the molecule is COC(=O)c1cc2c([N+](=O)[O-])c(OC)cc(OC)c2[nH]1. The average molecular weight is 280 g/mol. The molecule has 106 valence electrons. The Kier molecular flexibility index (Phi) is 3.47. The van der Waals surface area contributed by atoms with Crippen LogP contribution in [-0.4, -0.2) is 37.2 Å². The third kappa shape index (κ3) is 2.00. The van der Waals surface area contributed by atoms with Crippen molar-refractivity contribution in [3.63, 3.8) is 0 Å². The average Bonchev–Trinajstić information content (AvgIpc) is 2.88. The zero-order valence-corrected chi connectivity index (χ0v) is 11.1. The molecule has 0 radical (unpaired) electrons. The molecular weight excluding hydrogens is 268 g/mol. The van der Waals surface area contributed by atoms with Crippen LogP contribution >= 0.6 is 0 Å². The van der Waals surface area contributed by atoms with Crippen LogP contribution in [0.4, 0.5) is 5.69 Å². The van der Waals surface area contributed by atoms with E-state index in [2.05, 4.69) is 9.72 Å². The second kappa shape index (κ2) is 5.08. The van der Waals surface area contributed by atoms with Gasteiger partial charge in [0.15, 0.2) is 0 Å². The molecule has 0 amide bonds. The van der Waals surface area contributed by atoms with E-state index in [0.717, 1.165) is 0 Å². The smallest absolute Gasteiger partial charge is 0.354 e. The summed E-state index contributed by atoms with van der Waals surface area (Å²) in [5.41, 5.74) is 0.187. The van der Waals surface area contributed by atoms with Crippen molar-refractivity contribution in [3.05, 3.63) is 27.9 Å². The number of nitro groups is 1. The lowest BCUT2D eigenvalue weighted by atomic mass is 10.2. The number of H-pyrrole nitrogens is 1. The Morgan fingerprint density at radius 1 is 1.20 bits per heavy atom. The van der Waals surface area contributed by atoms with Crippen molar-refractivity contribution in [2.75, 3.05) is 21.3 Å². The van der Waals surface area contributed by atoms with E-state index in [4.69, 9.17) is 9.47 Å². The minimum Gasteiger partial charge on any atom is -0.494 e. The van der Waals surface area contributed by atoms with Crippen LogP contribution in [0.5, 0.6) is 11.5 Å². The molecule has 1 aromatic carbocycles. The topological polar surface area (TPSA) is 104 Å². The van der Waals surface area contributed by atoms with E-state index in [-0.39, 0.29) is 22.5 Å². The summed E-state index contributed by atoms with van der Waals surface area (Å²) in [7, 11) is 3.96. The van der Waals surface area contributed by atoms with Crippen LogP contribution in [-0.2, 0) is 4.74 Å². The van der Waals surface area contributed by atoms with Crippen LogP contribution in [0, 0.1) is 10.1 Å². The van der Waals surface area contributed by atoms with Gasteiger partial charge in [-0.25, -0.2) is 4.79 Å². The molecule has 0 unspecified atom stereocenters. The predicted octanol–water partition coefficient (Wildman–Crippen LogP) is 1.88. The summed E-state index contributed by atoms with van der Waals surface area (Å²) in [6.07, 6.45) is 0. The zero-order chi connectivity index (χ0) is 14.9. The highest BCUT2D eigenvalue weighted by atomic mass is 16.6. The summed E-state index contributed by atoms with van der Waals surface area (Å²) in [5, 5.41) is 11.4. The molecule has 0 aliphatic carbocycles. The number of nitrogens with zero attached hydrogens (tertiary/aromatic N) is 1. The van der Waals surface area contributed by atoms with Crippen molar-refractivity contribution < 1.29 is 23.9 Å². The highest BCUT2D eigenvalue weighted by Crippen LogP contribution is 2.41. The van der Waals surface area contributed by atoms with Gasteiger partial charge in [-0.05, 0) is 6.07 Å². The Labute approximate surface area is 113 Å². The van der Waals surface area contributed by atoms with E-state index in [1.807, 2.05) is 0 Å². The number of benzene rings is 1. The van der Waals surface area contributed by atoms with Crippen LogP contribution in [0.3, 0.4) is 0 Å². The molecule has 1 N–H and O–H groups in total. The van der Waals surface area contributed by atoms with Gasteiger partial charge in [-0.15, -0.1) is 0 Å². The Morgan fingerprint density at radius 2 is 1.85 bits per heavy atom. The third-order valence-electron chi connectivity index (χ3n) is 2.84. The molecule has 0 bridgehead atoms. The van der Waals surface area contributed by atoms with E-state index in [1.165, 1.54) is 33.5 Å². The van der Waals surface area contributed by atoms with Gasteiger partial charge in [-0.1, -0.05) is 0 Å². The van der Waals surface area contributed by atoms with Crippen LogP contribution in [0.1, 0.15) is 10.5 Å². The van der Waals surface area contributed by atoms with Crippen LogP contribution in [0.25, 0.3) is 10.9 Å². The van der Waals surface area contributed by atoms with Crippen molar-refractivity contribution >= 4 is 22.6 Å². The van der Waals surface area contributed by atoms with Gasteiger partial charge in [0.25, 0.3) is 0 Å². The maximum Gasteiger partial charge on any atom is 0.354 e. The Hall–Kier alpha value is -2.77. The normalized spacial score (nSPS) is 10.3. The van der Waals surface area contributed by atoms with Gasteiger partial charge in [0.2, 0.25) is 5.75 Å². The first-order valence-corrected chi connectivity index (χ1v) is 5.53. The number of nitrogens with one attached hydrogen (secondary N) is 1. The lowest BCUT2D eigenvalue weighted by Gasteiger charge is -2.06. The number of aromatic amines is 1. The molecule has 20 heavy (non-hydrogen) atoms. The van der Waals surface area contributed by atoms with Gasteiger partial charge < -0.3 is 19.2 Å². The summed E-state index contributed by atoms with van der Waals surface area (Å²) in [4.78, 5) is 24.9. The number of nitro benzene ring substituents is 1. The van der Waals surface area contributed by atoms with E-state index in [1.54, 1.807) is 0 Å². The number of hydrogen-bond donors (Lipinski definition) is 1.